The van der Waals surface area contributed by atoms with Gasteiger partial charge in [0.2, 0.25) is 17.7 Å². The van der Waals surface area contributed by atoms with Crippen molar-refractivity contribution in [3.8, 4) is 33.8 Å². The number of carbonyl (C=O) groups excluding carboxylic acids is 3. The summed E-state index contributed by atoms with van der Waals surface area (Å²) in [6, 6.07) is 69.4. The monoisotopic (exact) mass is 900 g/mol. The Kier molecular flexibility index (Phi) is 13.0. The fourth-order valence-corrected chi connectivity index (χ4v) is 9.36. The van der Waals surface area contributed by atoms with Crippen LogP contribution in [0.4, 0.5) is 34.1 Å². The Bertz CT molecular complexity index is 2780. The van der Waals surface area contributed by atoms with Gasteiger partial charge in [0.25, 0.3) is 0 Å². The zero-order chi connectivity index (χ0) is 46.9. The van der Waals surface area contributed by atoms with E-state index in [0.717, 1.165) is 33.8 Å². The minimum atomic E-state index is -0.717. The molecule has 69 heavy (non-hydrogen) atoms. The number of hydrogen-bond donors (Lipinski definition) is 0. The Morgan fingerprint density at radius 1 is 0.290 bits per heavy atom. The van der Waals surface area contributed by atoms with Crippen LogP contribution >= 0.6 is 0 Å². The first-order valence-corrected chi connectivity index (χ1v) is 23.2. The summed E-state index contributed by atoms with van der Waals surface area (Å²) in [6.07, 6.45) is 5.97. The van der Waals surface area contributed by atoms with Gasteiger partial charge >= 0.3 is 0 Å². The van der Waals surface area contributed by atoms with Crippen molar-refractivity contribution < 1.29 is 14.4 Å². The number of anilines is 6. The smallest absolute Gasteiger partial charge is 0.234 e. The molecule has 0 radical (unpaired) electrons. The standard InChI is InChI=1S/C60H48N6O3/c67-58(64(49-16-4-1-5-17-49)52-31-25-43(26-32-52)55-22-10-13-37-61-55)46-40-47(59(68)65(50-18-6-2-7-19-50)53-33-27-44(28-34-53)56-23-11-14-38-62-56)42-48(41-46)60(69)66(51-20-8-3-9-21-51)54-35-29-45(30-36-54)57-24-12-15-39-63-57/h1-39,46-48H,40-42H2. The molecule has 3 heterocycles. The van der Waals surface area contributed by atoms with Crippen molar-refractivity contribution in [3.05, 3.63) is 237 Å². The summed E-state index contributed by atoms with van der Waals surface area (Å²) in [5.41, 5.74) is 9.25. The van der Waals surface area contributed by atoms with Crippen molar-refractivity contribution in [2.24, 2.45) is 17.8 Å². The van der Waals surface area contributed by atoms with Crippen LogP contribution in [0.25, 0.3) is 33.8 Å². The van der Waals surface area contributed by atoms with Crippen LogP contribution in [0.15, 0.2) is 237 Å². The number of aromatic nitrogens is 3. The van der Waals surface area contributed by atoms with Gasteiger partial charge < -0.3 is 0 Å². The molecule has 1 fully saturated rings. The number of hydrogen-bond acceptors (Lipinski definition) is 6. The third-order valence-corrected chi connectivity index (χ3v) is 12.7. The minimum absolute atomic E-state index is 0.195. The molecule has 0 aliphatic heterocycles. The molecule has 9 heteroatoms. The summed E-state index contributed by atoms with van der Waals surface area (Å²) in [6.45, 7) is 0. The molecule has 336 valence electrons. The molecular weight excluding hydrogens is 853 g/mol. The molecule has 0 N–H and O–H groups in total. The van der Waals surface area contributed by atoms with Gasteiger partial charge in [-0.15, -0.1) is 0 Å². The van der Waals surface area contributed by atoms with E-state index in [2.05, 4.69) is 15.0 Å². The van der Waals surface area contributed by atoms with Gasteiger partial charge in [0.15, 0.2) is 0 Å². The highest BCUT2D eigenvalue weighted by atomic mass is 16.2. The number of nitrogens with zero attached hydrogens (tertiary/aromatic N) is 6. The van der Waals surface area contributed by atoms with E-state index in [1.165, 1.54) is 0 Å². The highest BCUT2D eigenvalue weighted by Gasteiger charge is 2.44. The van der Waals surface area contributed by atoms with Gasteiger partial charge in [-0.3, -0.25) is 44.0 Å². The van der Waals surface area contributed by atoms with Gasteiger partial charge in [0.1, 0.15) is 0 Å². The topological polar surface area (TPSA) is 99.6 Å². The molecule has 0 bridgehead atoms. The van der Waals surface area contributed by atoms with Crippen molar-refractivity contribution in [2.75, 3.05) is 14.7 Å². The average molecular weight is 901 g/mol. The fourth-order valence-electron chi connectivity index (χ4n) is 9.36. The summed E-state index contributed by atoms with van der Waals surface area (Å²) in [7, 11) is 0. The molecule has 1 saturated carbocycles. The molecule has 0 atom stereocenters. The van der Waals surface area contributed by atoms with Crippen LogP contribution in [0.1, 0.15) is 19.3 Å². The number of rotatable bonds is 12. The summed E-state index contributed by atoms with van der Waals surface area (Å²) >= 11 is 0. The number of amides is 3. The van der Waals surface area contributed by atoms with Crippen LogP contribution in [0.2, 0.25) is 0 Å². The van der Waals surface area contributed by atoms with Gasteiger partial charge in [-0.25, -0.2) is 0 Å². The lowest BCUT2D eigenvalue weighted by molar-refractivity contribution is -0.131. The first kappa shape index (κ1) is 44.0. The van der Waals surface area contributed by atoms with Crippen molar-refractivity contribution in [1.82, 2.24) is 15.0 Å². The lowest BCUT2D eigenvalue weighted by Gasteiger charge is -2.39. The highest BCUT2D eigenvalue weighted by molar-refractivity contribution is 6.07. The Morgan fingerprint density at radius 3 is 0.754 bits per heavy atom. The number of carbonyl (C=O) groups is 3. The fraction of sp³-hybridized carbons (Fsp3) is 0.100. The Balaban J connectivity index is 1.05. The van der Waals surface area contributed by atoms with E-state index in [1.54, 1.807) is 33.3 Å². The molecule has 1 aliphatic rings. The second-order valence-corrected chi connectivity index (χ2v) is 17.1. The summed E-state index contributed by atoms with van der Waals surface area (Å²) in [5, 5.41) is 0. The zero-order valence-electron chi connectivity index (χ0n) is 37.8. The van der Waals surface area contributed by atoms with Crippen molar-refractivity contribution >= 4 is 51.8 Å². The highest BCUT2D eigenvalue weighted by Crippen LogP contribution is 2.43. The van der Waals surface area contributed by atoms with Crippen molar-refractivity contribution in [2.45, 2.75) is 19.3 Å². The molecule has 0 unspecified atom stereocenters. The molecule has 10 rings (SSSR count). The van der Waals surface area contributed by atoms with Crippen LogP contribution in [0.5, 0.6) is 0 Å². The minimum Gasteiger partial charge on any atom is -0.281 e. The first-order valence-electron chi connectivity index (χ1n) is 23.2. The zero-order valence-corrected chi connectivity index (χ0v) is 37.8. The van der Waals surface area contributed by atoms with Crippen LogP contribution < -0.4 is 14.7 Å². The molecule has 3 amide bonds. The van der Waals surface area contributed by atoms with E-state index in [9.17, 15) is 0 Å². The van der Waals surface area contributed by atoms with Crippen molar-refractivity contribution in [3.63, 3.8) is 0 Å². The molecule has 9 nitrogen and oxygen atoms in total. The van der Waals surface area contributed by atoms with E-state index in [4.69, 9.17) is 0 Å². The van der Waals surface area contributed by atoms with E-state index in [-0.39, 0.29) is 37.0 Å². The lowest BCUT2D eigenvalue weighted by Crippen LogP contribution is -2.45. The summed E-state index contributed by atoms with van der Waals surface area (Å²) in [4.78, 5) is 65.6. The van der Waals surface area contributed by atoms with E-state index >= 15 is 14.4 Å². The quantitative estimate of drug-likeness (QED) is 0.121. The second kappa shape index (κ2) is 20.4. The van der Waals surface area contributed by atoms with E-state index in [0.29, 0.717) is 34.1 Å². The van der Waals surface area contributed by atoms with E-state index < -0.39 is 17.8 Å². The maximum absolute atomic E-state index is 15.6. The molecular formula is C60H48N6O3. The van der Waals surface area contributed by atoms with E-state index in [1.807, 2.05) is 218 Å². The Morgan fingerprint density at radius 2 is 0.522 bits per heavy atom. The molecule has 6 aromatic carbocycles. The molecule has 0 spiro atoms. The van der Waals surface area contributed by atoms with Crippen molar-refractivity contribution in [1.29, 1.82) is 0 Å². The summed E-state index contributed by atoms with van der Waals surface area (Å²) in [5.74, 6) is -2.74. The SMILES string of the molecule is O=C(C1CC(C(=O)N(c2ccccc2)c2ccc(-c3ccccn3)cc2)CC(C(=O)N(c2ccccc2)c2ccc(-c3ccccn3)cc2)C1)N(c1ccccc1)c1ccc(-c2ccccn2)cc1. The van der Waals surface area contributed by atoms with Crippen LogP contribution in [-0.2, 0) is 14.4 Å². The van der Waals surface area contributed by atoms with Gasteiger partial charge in [-0.1, -0.05) is 109 Å². The molecule has 1 aliphatic carbocycles. The van der Waals surface area contributed by atoms with Gasteiger partial charge in [-0.2, -0.15) is 0 Å². The van der Waals surface area contributed by atoms with Gasteiger partial charge in [-0.05, 0) is 128 Å². The van der Waals surface area contributed by atoms with Crippen LogP contribution in [0.3, 0.4) is 0 Å². The van der Waals surface area contributed by atoms with Gasteiger partial charge in [0.05, 0.1) is 17.1 Å². The maximum Gasteiger partial charge on any atom is 0.234 e. The van der Waals surface area contributed by atoms with Crippen LogP contribution in [-0.4, -0.2) is 32.7 Å². The van der Waals surface area contributed by atoms with Crippen LogP contribution in [0, 0.1) is 17.8 Å². The number of pyridine rings is 3. The molecule has 0 saturated heterocycles. The normalized spacial score (nSPS) is 15.4. The average Bonchev–Trinajstić information content (AvgIpc) is 3.43. The largest absolute Gasteiger partial charge is 0.281 e. The maximum atomic E-state index is 15.6. The number of benzene rings is 6. The molecule has 3 aromatic heterocycles. The lowest BCUT2D eigenvalue weighted by atomic mass is 9.73. The Hall–Kier alpha value is -8.82. The first-order chi connectivity index (χ1) is 34.0. The molecule has 9 aromatic rings. The second-order valence-electron chi connectivity index (χ2n) is 17.1. The predicted molar refractivity (Wildman–Crippen MR) is 274 cm³/mol. The predicted octanol–water partition coefficient (Wildman–Crippen LogP) is 13.3. The Labute approximate surface area is 402 Å². The third kappa shape index (κ3) is 9.71. The van der Waals surface area contributed by atoms with Gasteiger partial charge in [0, 0.05) is 87.2 Å². The summed E-state index contributed by atoms with van der Waals surface area (Å²) < 4.78 is 0. The number of para-hydroxylation sites is 3. The third-order valence-electron chi connectivity index (χ3n) is 12.7.